The lowest BCUT2D eigenvalue weighted by atomic mass is 10.0. The van der Waals surface area contributed by atoms with Crippen LogP contribution in [0.15, 0.2) is 36.5 Å². The first kappa shape index (κ1) is 56.2. The fraction of sp³-hybridized carbons (Fsp3) is 0.830. The summed E-state index contributed by atoms with van der Waals surface area (Å²) in [5.41, 5.74) is 0. The van der Waals surface area contributed by atoms with Crippen molar-refractivity contribution in [2.75, 3.05) is 26.4 Å². The molecule has 3 atom stereocenters. The summed E-state index contributed by atoms with van der Waals surface area (Å²) in [5, 5.41) is 18.3. The number of hydrogen-bond acceptors (Lipinski definition) is 9. The lowest BCUT2D eigenvalue weighted by molar-refractivity contribution is -0.161. The molecule has 340 valence electrons. The maximum atomic E-state index is 12.6. The van der Waals surface area contributed by atoms with Gasteiger partial charge < -0.3 is 24.6 Å². The van der Waals surface area contributed by atoms with Gasteiger partial charge in [0.05, 0.1) is 19.8 Å². The normalized spacial score (nSPS) is 14.1. The van der Waals surface area contributed by atoms with E-state index in [1.807, 2.05) is 18.2 Å². The van der Waals surface area contributed by atoms with Gasteiger partial charge in [-0.3, -0.25) is 18.6 Å². The average Bonchev–Trinajstić information content (AvgIpc) is 3.21. The molecule has 3 N–H and O–H groups in total. The quantitative estimate of drug-likeness (QED) is 0.0234. The van der Waals surface area contributed by atoms with Crippen molar-refractivity contribution in [2.45, 2.75) is 225 Å². The summed E-state index contributed by atoms with van der Waals surface area (Å²) in [5.74, 6) is -0.941. The molecule has 0 heterocycles. The van der Waals surface area contributed by atoms with Gasteiger partial charge in [-0.05, 0) is 32.1 Å². The Balaban J connectivity index is 4.15. The molecule has 0 spiro atoms. The fourth-order valence-electron chi connectivity index (χ4n) is 6.52. The van der Waals surface area contributed by atoms with Crippen molar-refractivity contribution in [3.8, 4) is 0 Å². The van der Waals surface area contributed by atoms with E-state index in [0.717, 1.165) is 57.8 Å². The fourth-order valence-corrected chi connectivity index (χ4v) is 7.31. The van der Waals surface area contributed by atoms with E-state index >= 15 is 0 Å². The molecule has 0 saturated heterocycles. The van der Waals surface area contributed by atoms with Gasteiger partial charge in [0.2, 0.25) is 0 Å². The number of phosphoric acid groups is 1. The average molecular weight is 843 g/mol. The van der Waals surface area contributed by atoms with E-state index in [2.05, 4.69) is 32.1 Å². The summed E-state index contributed by atoms with van der Waals surface area (Å²) in [6, 6.07) is 0. The van der Waals surface area contributed by atoms with Crippen molar-refractivity contribution < 1.29 is 47.8 Å². The summed E-state index contributed by atoms with van der Waals surface area (Å²) in [6.45, 7) is 2.25. The number of ether oxygens (including phenoxy) is 2. The van der Waals surface area contributed by atoms with Crippen molar-refractivity contribution in [3.63, 3.8) is 0 Å². The Hall–Kier alpha value is -1.81. The van der Waals surface area contributed by atoms with E-state index < -0.39 is 51.8 Å². The van der Waals surface area contributed by atoms with Crippen molar-refractivity contribution in [1.82, 2.24) is 0 Å². The second kappa shape index (κ2) is 43.3. The molecule has 2 unspecified atom stereocenters. The highest BCUT2D eigenvalue weighted by atomic mass is 31.2. The van der Waals surface area contributed by atoms with Gasteiger partial charge in [-0.25, -0.2) is 4.57 Å². The van der Waals surface area contributed by atoms with E-state index in [1.165, 1.54) is 116 Å². The first-order valence-corrected chi connectivity index (χ1v) is 25.0. The van der Waals surface area contributed by atoms with Gasteiger partial charge in [0.25, 0.3) is 0 Å². The monoisotopic (exact) mass is 843 g/mol. The van der Waals surface area contributed by atoms with Crippen LogP contribution in [-0.4, -0.2) is 65.7 Å². The van der Waals surface area contributed by atoms with Crippen LogP contribution in [0.1, 0.15) is 213 Å². The third-order valence-electron chi connectivity index (χ3n) is 10.1. The molecule has 0 aliphatic rings. The highest BCUT2D eigenvalue weighted by Crippen LogP contribution is 2.43. The number of unbranched alkanes of at least 4 members (excludes halogenated alkanes) is 26. The molecule has 0 aliphatic heterocycles. The minimum atomic E-state index is -4.62. The number of aliphatic hydroxyl groups is 2. The van der Waals surface area contributed by atoms with E-state index in [0.29, 0.717) is 12.8 Å². The number of aliphatic hydroxyl groups excluding tert-OH is 2. The van der Waals surface area contributed by atoms with Gasteiger partial charge in [-0.2, -0.15) is 0 Å². The Morgan fingerprint density at radius 3 is 1.41 bits per heavy atom. The standard InChI is InChI=1S/C47H87O10P/c1-3-5-7-9-11-13-15-17-18-19-20-21-22-23-24-25-27-28-30-32-34-36-38-46(50)54-42-45(43-56-58(52,53)55-41-44(49)40-48)57-47(51)39-37-35-33-31-29-26-16-14-12-10-8-6-4-2/h6,8,10,12,14,16,44-45,48-49H,3-5,7,9,11,13,15,17-43H2,1-2H3,(H,52,53)/b8-6+,12-10+,16-14+/t44-,45?/m1/s1. The molecule has 58 heavy (non-hydrogen) atoms. The topological polar surface area (TPSA) is 149 Å². The highest BCUT2D eigenvalue weighted by Gasteiger charge is 2.27. The molecule has 0 bridgehead atoms. The summed E-state index contributed by atoms with van der Waals surface area (Å²) >= 11 is 0. The SMILES string of the molecule is CC/C=C/C=C/C=C/CCCCCCCC(=O)OC(COC(=O)CCCCCCCCCCCCCCCCCCCCCCCC)COP(=O)(O)OC[C@H](O)CO. The molecular formula is C47H87O10P. The van der Waals surface area contributed by atoms with Gasteiger partial charge in [0, 0.05) is 12.8 Å². The number of phosphoric ester groups is 1. The van der Waals surface area contributed by atoms with Crippen LogP contribution in [0.2, 0.25) is 0 Å². The van der Waals surface area contributed by atoms with Crippen LogP contribution >= 0.6 is 7.82 Å². The van der Waals surface area contributed by atoms with Crippen LogP contribution < -0.4 is 0 Å². The molecule has 0 aromatic rings. The first-order chi connectivity index (χ1) is 28.2. The molecule has 10 nitrogen and oxygen atoms in total. The summed E-state index contributed by atoms with van der Waals surface area (Å²) in [7, 11) is -4.62. The van der Waals surface area contributed by atoms with Crippen LogP contribution in [0, 0.1) is 0 Å². The number of allylic oxidation sites excluding steroid dienone is 6. The smallest absolute Gasteiger partial charge is 0.462 e. The van der Waals surface area contributed by atoms with Gasteiger partial charge in [0.15, 0.2) is 6.10 Å². The van der Waals surface area contributed by atoms with Gasteiger partial charge in [0.1, 0.15) is 12.7 Å². The zero-order chi connectivity index (χ0) is 42.6. The van der Waals surface area contributed by atoms with Crippen molar-refractivity contribution in [2.24, 2.45) is 0 Å². The van der Waals surface area contributed by atoms with Gasteiger partial charge in [-0.1, -0.05) is 204 Å². The predicted octanol–water partition coefficient (Wildman–Crippen LogP) is 12.7. The van der Waals surface area contributed by atoms with E-state index in [1.54, 1.807) is 0 Å². The zero-order valence-corrected chi connectivity index (χ0v) is 37.9. The molecule has 0 aliphatic carbocycles. The maximum Gasteiger partial charge on any atom is 0.472 e. The first-order valence-electron chi connectivity index (χ1n) is 23.5. The van der Waals surface area contributed by atoms with Crippen LogP contribution in [-0.2, 0) is 32.7 Å². The number of esters is 2. The maximum absolute atomic E-state index is 12.6. The lowest BCUT2D eigenvalue weighted by Crippen LogP contribution is -2.29. The van der Waals surface area contributed by atoms with E-state index in [9.17, 15) is 24.2 Å². The van der Waals surface area contributed by atoms with Crippen molar-refractivity contribution in [3.05, 3.63) is 36.5 Å². The van der Waals surface area contributed by atoms with Crippen LogP contribution in [0.3, 0.4) is 0 Å². The number of carbonyl (C=O) groups excluding carboxylic acids is 2. The Morgan fingerprint density at radius 1 is 0.534 bits per heavy atom. The minimum Gasteiger partial charge on any atom is -0.462 e. The summed E-state index contributed by atoms with van der Waals surface area (Å²) < 4.78 is 32.7. The van der Waals surface area contributed by atoms with Crippen LogP contribution in [0.25, 0.3) is 0 Å². The number of rotatable bonds is 44. The third kappa shape index (κ3) is 42.3. The molecule has 0 amide bonds. The van der Waals surface area contributed by atoms with Crippen molar-refractivity contribution >= 4 is 19.8 Å². The molecule has 0 saturated carbocycles. The molecule has 0 aromatic heterocycles. The predicted molar refractivity (Wildman–Crippen MR) is 238 cm³/mol. The lowest BCUT2D eigenvalue weighted by Gasteiger charge is -2.20. The Labute approximate surface area is 354 Å². The Bertz CT molecular complexity index is 1060. The molecule has 0 aromatic carbocycles. The summed E-state index contributed by atoms with van der Waals surface area (Å²) in [4.78, 5) is 35.0. The largest absolute Gasteiger partial charge is 0.472 e. The third-order valence-corrected chi connectivity index (χ3v) is 11.1. The Kier molecular flexibility index (Phi) is 41.9. The van der Waals surface area contributed by atoms with Crippen LogP contribution in [0.5, 0.6) is 0 Å². The molecule has 11 heteroatoms. The van der Waals surface area contributed by atoms with E-state index in [4.69, 9.17) is 23.6 Å². The van der Waals surface area contributed by atoms with Gasteiger partial charge in [-0.15, -0.1) is 0 Å². The molecule has 0 rings (SSSR count). The van der Waals surface area contributed by atoms with Gasteiger partial charge >= 0.3 is 19.8 Å². The minimum absolute atomic E-state index is 0.163. The number of carbonyl (C=O) groups is 2. The number of hydrogen-bond donors (Lipinski definition) is 3. The molecule has 0 fully saturated rings. The summed E-state index contributed by atoms with van der Waals surface area (Å²) in [6.07, 6.45) is 45.5. The molecular weight excluding hydrogens is 755 g/mol. The zero-order valence-electron chi connectivity index (χ0n) is 37.0. The molecule has 0 radical (unpaired) electrons. The highest BCUT2D eigenvalue weighted by molar-refractivity contribution is 7.47. The second-order valence-electron chi connectivity index (χ2n) is 15.8. The Morgan fingerprint density at radius 2 is 0.948 bits per heavy atom. The van der Waals surface area contributed by atoms with Crippen molar-refractivity contribution in [1.29, 1.82) is 0 Å². The second-order valence-corrected chi connectivity index (χ2v) is 17.3. The van der Waals surface area contributed by atoms with E-state index in [-0.39, 0.29) is 19.4 Å². The van der Waals surface area contributed by atoms with Crippen LogP contribution in [0.4, 0.5) is 0 Å².